The van der Waals surface area contributed by atoms with Crippen LogP contribution in [0.4, 0.5) is 13.2 Å². The van der Waals surface area contributed by atoms with Crippen LogP contribution in [0.1, 0.15) is 18.0 Å². The quantitative estimate of drug-likeness (QED) is 0.190. The van der Waals surface area contributed by atoms with Gasteiger partial charge in [-0.2, -0.15) is 0 Å². The summed E-state index contributed by atoms with van der Waals surface area (Å²) in [6, 6.07) is 7.76. The second-order valence-electron chi connectivity index (χ2n) is 9.53. The standard InChI is InChI=1S/C27H31BrF3N3O7/c1-38-7-2-8-39-14-22(40-13-15-3-5-17(28)6-4-15)27-26(37)24(25(36)21(12-35)41-27)34-11-20(32-33-34)16-9-18(29)23(31)19(30)10-16/h3-6,9-11,21-22,24-27,35-37H,2,7-8,12-14H2,1H3/t21?,22-,24+,25+,26?,27+/m1/s1. The topological polar surface area (TPSA) is 128 Å². The molecule has 2 heterocycles. The molecule has 0 aliphatic carbocycles. The van der Waals surface area contributed by atoms with Gasteiger partial charge < -0.3 is 34.3 Å². The molecule has 1 saturated heterocycles. The third kappa shape index (κ3) is 7.70. The Morgan fingerprint density at radius 3 is 2.44 bits per heavy atom. The van der Waals surface area contributed by atoms with Crippen molar-refractivity contribution in [3.05, 3.63) is 70.1 Å². The lowest BCUT2D eigenvalue weighted by molar-refractivity contribution is -0.242. The number of hydrogen-bond acceptors (Lipinski definition) is 9. The van der Waals surface area contributed by atoms with Crippen LogP contribution < -0.4 is 0 Å². The molecule has 2 aromatic carbocycles. The Balaban J connectivity index is 1.58. The molecular formula is C27H31BrF3N3O7. The summed E-state index contributed by atoms with van der Waals surface area (Å²) in [7, 11) is 1.58. The summed E-state index contributed by atoms with van der Waals surface area (Å²) in [5.41, 5.74) is 0.715. The van der Waals surface area contributed by atoms with Crippen molar-refractivity contribution in [1.29, 1.82) is 0 Å². The van der Waals surface area contributed by atoms with Crippen molar-refractivity contribution < 1.29 is 47.4 Å². The molecule has 1 aliphatic rings. The molecule has 0 bridgehead atoms. The van der Waals surface area contributed by atoms with Gasteiger partial charge in [-0.3, -0.25) is 0 Å². The van der Waals surface area contributed by atoms with Gasteiger partial charge in [0, 0.05) is 30.4 Å². The number of nitrogens with zero attached hydrogens (tertiary/aromatic N) is 3. The summed E-state index contributed by atoms with van der Waals surface area (Å²) >= 11 is 3.39. The fourth-order valence-corrected chi connectivity index (χ4v) is 4.80. The molecule has 3 aromatic rings. The molecule has 14 heteroatoms. The van der Waals surface area contributed by atoms with Crippen molar-refractivity contribution in [3.63, 3.8) is 0 Å². The maximum Gasteiger partial charge on any atom is 0.194 e. The van der Waals surface area contributed by atoms with E-state index in [0.717, 1.165) is 26.9 Å². The van der Waals surface area contributed by atoms with Crippen molar-refractivity contribution in [2.45, 2.75) is 49.6 Å². The first kappa shape index (κ1) is 31.5. The normalized spacial score (nSPS) is 23.6. The van der Waals surface area contributed by atoms with E-state index in [2.05, 4.69) is 26.2 Å². The van der Waals surface area contributed by atoms with Crippen LogP contribution >= 0.6 is 15.9 Å². The van der Waals surface area contributed by atoms with Crippen LogP contribution in [0.5, 0.6) is 0 Å². The number of aromatic nitrogens is 3. The highest BCUT2D eigenvalue weighted by molar-refractivity contribution is 9.10. The minimum atomic E-state index is -1.62. The fraction of sp³-hybridized carbons (Fsp3) is 0.481. The van der Waals surface area contributed by atoms with Gasteiger partial charge in [0.25, 0.3) is 0 Å². The zero-order valence-corrected chi connectivity index (χ0v) is 23.7. The van der Waals surface area contributed by atoms with Gasteiger partial charge in [0.1, 0.15) is 42.3 Å². The molecule has 1 fully saturated rings. The summed E-state index contributed by atoms with van der Waals surface area (Å²) in [4.78, 5) is 0. The van der Waals surface area contributed by atoms with Gasteiger partial charge in [0.2, 0.25) is 0 Å². The Kier molecular flexibility index (Phi) is 11.3. The lowest BCUT2D eigenvalue weighted by Crippen LogP contribution is -2.60. The Bertz CT molecular complexity index is 1250. The summed E-state index contributed by atoms with van der Waals surface area (Å²) in [5.74, 6) is -4.43. The van der Waals surface area contributed by atoms with Crippen LogP contribution in [0.3, 0.4) is 0 Å². The Morgan fingerprint density at radius 2 is 1.78 bits per heavy atom. The lowest BCUT2D eigenvalue weighted by Gasteiger charge is -2.44. The maximum atomic E-state index is 13.8. The van der Waals surface area contributed by atoms with Crippen LogP contribution in [0.15, 0.2) is 47.1 Å². The van der Waals surface area contributed by atoms with E-state index in [-0.39, 0.29) is 24.5 Å². The summed E-state index contributed by atoms with van der Waals surface area (Å²) in [6.07, 6.45) is -4.10. The average Bonchev–Trinajstić information content (AvgIpc) is 3.44. The molecule has 2 unspecified atom stereocenters. The van der Waals surface area contributed by atoms with E-state index in [9.17, 15) is 28.5 Å². The summed E-state index contributed by atoms with van der Waals surface area (Å²) in [6.45, 7) is 0.411. The van der Waals surface area contributed by atoms with Crippen molar-refractivity contribution >= 4 is 15.9 Å². The number of ether oxygens (including phenoxy) is 4. The summed E-state index contributed by atoms with van der Waals surface area (Å²) in [5, 5.41) is 40.2. The number of halogens is 4. The van der Waals surface area contributed by atoms with Gasteiger partial charge in [-0.15, -0.1) is 5.10 Å². The minimum absolute atomic E-state index is 0.0136. The van der Waals surface area contributed by atoms with Crippen molar-refractivity contribution in [3.8, 4) is 11.3 Å². The first-order chi connectivity index (χ1) is 19.7. The van der Waals surface area contributed by atoms with Crippen LogP contribution in [0.2, 0.25) is 0 Å². The molecule has 1 aliphatic heterocycles. The number of aliphatic hydroxyl groups is 3. The Morgan fingerprint density at radius 1 is 1.07 bits per heavy atom. The predicted molar refractivity (Wildman–Crippen MR) is 142 cm³/mol. The largest absolute Gasteiger partial charge is 0.394 e. The van der Waals surface area contributed by atoms with Gasteiger partial charge in [-0.25, -0.2) is 17.9 Å². The SMILES string of the molecule is COCCCOC[C@@H](OCc1ccc(Br)cc1)[C@@H]1OC(CO)[C@H](O)[C@H](n2cc(-c3cc(F)c(F)c(F)c3)nn2)C1O. The predicted octanol–water partition coefficient (Wildman–Crippen LogP) is 2.79. The third-order valence-corrected chi connectivity index (χ3v) is 7.22. The molecule has 0 saturated carbocycles. The molecule has 1 aromatic heterocycles. The molecule has 0 radical (unpaired) electrons. The number of aliphatic hydroxyl groups excluding tert-OH is 3. The monoisotopic (exact) mass is 645 g/mol. The van der Waals surface area contributed by atoms with Crippen molar-refractivity contribution in [2.24, 2.45) is 0 Å². The summed E-state index contributed by atoms with van der Waals surface area (Å²) < 4.78 is 65.9. The fourth-order valence-electron chi connectivity index (χ4n) is 4.54. The first-order valence-corrected chi connectivity index (χ1v) is 13.6. The van der Waals surface area contributed by atoms with E-state index in [1.807, 2.05) is 24.3 Å². The van der Waals surface area contributed by atoms with Gasteiger partial charge in [0.05, 0.1) is 26.0 Å². The van der Waals surface area contributed by atoms with E-state index in [1.165, 1.54) is 6.20 Å². The van der Waals surface area contributed by atoms with Crippen molar-refractivity contribution in [2.75, 3.05) is 33.5 Å². The Labute approximate surface area is 242 Å². The molecule has 6 atom stereocenters. The van der Waals surface area contributed by atoms with Crippen LogP contribution in [0, 0.1) is 17.5 Å². The molecule has 0 amide bonds. The van der Waals surface area contributed by atoms with Gasteiger partial charge in [-0.1, -0.05) is 33.3 Å². The molecule has 224 valence electrons. The molecule has 10 nitrogen and oxygen atoms in total. The van der Waals surface area contributed by atoms with Gasteiger partial charge >= 0.3 is 0 Å². The maximum absolute atomic E-state index is 13.8. The van der Waals surface area contributed by atoms with Gasteiger partial charge in [-0.05, 0) is 36.2 Å². The van der Waals surface area contributed by atoms with E-state index in [0.29, 0.717) is 19.6 Å². The second-order valence-corrected chi connectivity index (χ2v) is 10.4. The molecule has 3 N–H and O–H groups in total. The lowest BCUT2D eigenvalue weighted by atomic mass is 9.90. The number of hydrogen-bond donors (Lipinski definition) is 3. The smallest absolute Gasteiger partial charge is 0.194 e. The minimum Gasteiger partial charge on any atom is -0.394 e. The van der Waals surface area contributed by atoms with Crippen LogP contribution in [0.25, 0.3) is 11.3 Å². The van der Waals surface area contributed by atoms with Crippen molar-refractivity contribution in [1.82, 2.24) is 15.0 Å². The van der Waals surface area contributed by atoms with Crippen LogP contribution in [-0.4, -0.2) is 94.4 Å². The van der Waals surface area contributed by atoms with E-state index >= 15 is 0 Å². The van der Waals surface area contributed by atoms with E-state index in [1.54, 1.807) is 7.11 Å². The number of methoxy groups -OCH3 is 1. The molecule has 41 heavy (non-hydrogen) atoms. The number of rotatable bonds is 13. The average molecular weight is 646 g/mol. The molecule has 0 spiro atoms. The van der Waals surface area contributed by atoms with E-state index < -0.39 is 60.6 Å². The number of benzene rings is 2. The van der Waals surface area contributed by atoms with Crippen LogP contribution in [-0.2, 0) is 25.6 Å². The zero-order chi connectivity index (χ0) is 29.5. The second kappa shape index (κ2) is 14.6. The Hall–Kier alpha value is -2.43. The zero-order valence-electron chi connectivity index (χ0n) is 22.1. The van der Waals surface area contributed by atoms with E-state index in [4.69, 9.17) is 18.9 Å². The third-order valence-electron chi connectivity index (χ3n) is 6.69. The highest BCUT2D eigenvalue weighted by atomic mass is 79.9. The molecular weight excluding hydrogens is 615 g/mol. The van der Waals surface area contributed by atoms with Gasteiger partial charge in [0.15, 0.2) is 17.5 Å². The first-order valence-electron chi connectivity index (χ1n) is 12.9. The highest BCUT2D eigenvalue weighted by Crippen LogP contribution is 2.33. The molecule has 4 rings (SSSR count). The highest BCUT2D eigenvalue weighted by Gasteiger charge is 2.49.